The molecule has 6 aromatic heterocycles. The third kappa shape index (κ3) is 5.78. The van der Waals surface area contributed by atoms with Gasteiger partial charge in [0.1, 0.15) is 5.82 Å². The van der Waals surface area contributed by atoms with Crippen molar-refractivity contribution in [2.24, 2.45) is 0 Å². The molecule has 0 aliphatic carbocycles. The third-order valence-corrected chi connectivity index (χ3v) is 13.4. The summed E-state index contributed by atoms with van der Waals surface area (Å²) in [6.07, 6.45) is 3.85. The van der Waals surface area contributed by atoms with Gasteiger partial charge < -0.3 is 4.57 Å². The lowest BCUT2D eigenvalue weighted by Gasteiger charge is -2.12. The first-order valence-corrected chi connectivity index (χ1v) is 21.8. The predicted molar refractivity (Wildman–Crippen MR) is 261 cm³/mol. The fourth-order valence-electron chi connectivity index (χ4n) is 9.31. The molecule has 0 unspecified atom stereocenters. The third-order valence-electron chi connectivity index (χ3n) is 12.2. The molecule has 6 nitrogen and oxygen atoms in total. The molecule has 0 radical (unpaired) electrons. The molecule has 0 atom stereocenters. The first-order valence-electron chi connectivity index (χ1n) is 21.0. The molecule has 6 heterocycles. The predicted octanol–water partition coefficient (Wildman–Crippen LogP) is 14.5. The Morgan fingerprint density at radius 3 is 1.81 bits per heavy atom. The lowest BCUT2D eigenvalue weighted by molar-refractivity contribution is 1.05. The quantitative estimate of drug-likeness (QED) is 0.168. The molecule has 0 amide bonds. The highest BCUT2D eigenvalue weighted by molar-refractivity contribution is 7.25. The van der Waals surface area contributed by atoms with E-state index in [4.69, 9.17) is 15.0 Å². The molecular weight excluding hydrogens is 789 g/mol. The summed E-state index contributed by atoms with van der Waals surface area (Å²) in [6, 6.07) is 68.6. The van der Waals surface area contributed by atoms with Crippen LogP contribution in [0.2, 0.25) is 0 Å². The van der Waals surface area contributed by atoms with Gasteiger partial charge in [-0.2, -0.15) is 0 Å². The Labute approximate surface area is 365 Å². The van der Waals surface area contributed by atoms with Crippen molar-refractivity contribution < 1.29 is 0 Å². The number of rotatable bonds is 6. The van der Waals surface area contributed by atoms with Crippen LogP contribution in [0.25, 0.3) is 120 Å². The number of benzene rings is 7. The highest BCUT2D eigenvalue weighted by Gasteiger charge is 2.19. The van der Waals surface area contributed by atoms with Crippen molar-refractivity contribution in [2.45, 2.75) is 0 Å². The van der Waals surface area contributed by atoms with E-state index < -0.39 is 0 Å². The van der Waals surface area contributed by atoms with Crippen LogP contribution in [0.1, 0.15) is 0 Å². The van der Waals surface area contributed by atoms with Crippen molar-refractivity contribution in [1.29, 1.82) is 0 Å². The van der Waals surface area contributed by atoms with Gasteiger partial charge in [-0.3, -0.25) is 9.55 Å². The minimum absolute atomic E-state index is 0.679. The summed E-state index contributed by atoms with van der Waals surface area (Å²) >= 11 is 1.81. The second-order valence-corrected chi connectivity index (χ2v) is 17.0. The minimum Gasteiger partial charge on any atom is -0.309 e. The van der Waals surface area contributed by atoms with Crippen LogP contribution < -0.4 is 0 Å². The Hall–Kier alpha value is -8.26. The van der Waals surface area contributed by atoms with Gasteiger partial charge in [0.05, 0.1) is 39.1 Å². The van der Waals surface area contributed by atoms with Crippen LogP contribution in [-0.4, -0.2) is 29.1 Å². The zero-order valence-corrected chi connectivity index (χ0v) is 34.5. The second kappa shape index (κ2) is 14.2. The fourth-order valence-corrected chi connectivity index (χ4v) is 10.4. The first-order chi connectivity index (χ1) is 31.2. The van der Waals surface area contributed by atoms with Crippen molar-refractivity contribution in [3.8, 4) is 56.7 Å². The van der Waals surface area contributed by atoms with Crippen molar-refractivity contribution in [2.75, 3.05) is 0 Å². The number of aromatic nitrogens is 6. The maximum atomic E-state index is 5.35. The van der Waals surface area contributed by atoms with Gasteiger partial charge in [0.25, 0.3) is 0 Å². The SMILES string of the molecule is c1ccc(-c2cc(-n3c4ccccc4c4ccc(-c5cccc(-c6ccc7c(c6)c6ccccc6n7-c6ccc7sc8ccncc8c7c6)n5)cc43)nc(-c3ccccc3)n2)cc1. The van der Waals surface area contributed by atoms with Crippen LogP contribution in [-0.2, 0) is 0 Å². The smallest absolute Gasteiger partial charge is 0.162 e. The zero-order chi connectivity index (χ0) is 41.4. The van der Waals surface area contributed by atoms with Crippen LogP contribution in [0.15, 0.2) is 207 Å². The Kier molecular flexibility index (Phi) is 7.98. The number of thiophene rings is 1. The van der Waals surface area contributed by atoms with E-state index in [0.717, 1.165) is 78.2 Å². The van der Waals surface area contributed by atoms with Gasteiger partial charge >= 0.3 is 0 Å². The van der Waals surface area contributed by atoms with E-state index in [0.29, 0.717) is 5.82 Å². The molecule has 0 spiro atoms. The largest absolute Gasteiger partial charge is 0.309 e. The van der Waals surface area contributed by atoms with Crippen LogP contribution >= 0.6 is 11.3 Å². The molecule has 0 aliphatic rings. The van der Waals surface area contributed by atoms with Crippen LogP contribution in [0.5, 0.6) is 0 Å². The van der Waals surface area contributed by atoms with Crippen LogP contribution in [0.4, 0.5) is 0 Å². The molecule has 0 bridgehead atoms. The molecule has 7 heteroatoms. The van der Waals surface area contributed by atoms with E-state index in [2.05, 4.69) is 184 Å². The number of nitrogens with zero attached hydrogens (tertiary/aromatic N) is 6. The Balaban J connectivity index is 0.942. The highest BCUT2D eigenvalue weighted by atomic mass is 32.1. The average Bonchev–Trinajstić information content (AvgIpc) is 4.01. The summed E-state index contributed by atoms with van der Waals surface area (Å²) in [6.45, 7) is 0. The summed E-state index contributed by atoms with van der Waals surface area (Å²) in [5.41, 5.74) is 12.4. The van der Waals surface area contributed by atoms with E-state index in [-0.39, 0.29) is 0 Å². The zero-order valence-electron chi connectivity index (χ0n) is 33.7. The standard InChI is InChI=1S/C56H34N6S/c1-3-12-35(13-4-1)48-33-55(60-56(59-48)36-14-5-2-6-15-36)62-50-21-10-7-16-40(50)42-25-22-38(31-52(42)62)47-19-11-18-46(58-47)37-23-26-51-43(30-37)41-17-8-9-20-49(41)61(51)39-24-27-53-44(32-39)45-34-57-29-28-54(45)63-53/h1-34H. The number of pyridine rings is 2. The van der Waals surface area contributed by atoms with Gasteiger partial charge in [0.15, 0.2) is 5.82 Å². The molecule has 13 aromatic rings. The number of hydrogen-bond acceptors (Lipinski definition) is 5. The molecule has 7 aromatic carbocycles. The molecule has 13 rings (SSSR count). The second-order valence-electron chi connectivity index (χ2n) is 15.9. The van der Waals surface area contributed by atoms with Crippen LogP contribution in [0, 0.1) is 0 Å². The average molecular weight is 823 g/mol. The number of fused-ring (bicyclic) bond motifs is 9. The van der Waals surface area contributed by atoms with Crippen molar-refractivity contribution in [1.82, 2.24) is 29.1 Å². The van der Waals surface area contributed by atoms with Gasteiger partial charge in [-0.05, 0) is 66.7 Å². The van der Waals surface area contributed by atoms with Gasteiger partial charge in [-0.1, -0.05) is 121 Å². The molecular formula is C56H34N6S. The Morgan fingerprint density at radius 1 is 0.349 bits per heavy atom. The monoisotopic (exact) mass is 822 g/mol. The van der Waals surface area contributed by atoms with Crippen molar-refractivity contribution in [3.63, 3.8) is 0 Å². The Morgan fingerprint density at radius 2 is 1.00 bits per heavy atom. The highest BCUT2D eigenvalue weighted by Crippen LogP contribution is 2.40. The molecule has 0 saturated carbocycles. The van der Waals surface area contributed by atoms with E-state index in [1.54, 1.807) is 0 Å². The summed E-state index contributed by atoms with van der Waals surface area (Å²) in [7, 11) is 0. The van der Waals surface area contributed by atoms with Gasteiger partial charge in [0.2, 0.25) is 0 Å². The van der Waals surface area contributed by atoms with Crippen molar-refractivity contribution >= 4 is 75.1 Å². The maximum Gasteiger partial charge on any atom is 0.162 e. The molecule has 0 fully saturated rings. The molecule has 294 valence electrons. The fraction of sp³-hybridized carbons (Fsp3) is 0. The number of para-hydroxylation sites is 2. The van der Waals surface area contributed by atoms with E-state index in [1.165, 1.54) is 36.5 Å². The van der Waals surface area contributed by atoms with E-state index >= 15 is 0 Å². The van der Waals surface area contributed by atoms with Crippen LogP contribution in [0.3, 0.4) is 0 Å². The summed E-state index contributed by atoms with van der Waals surface area (Å²) in [5.74, 6) is 1.49. The lowest BCUT2D eigenvalue weighted by Crippen LogP contribution is -2.02. The normalized spacial score (nSPS) is 11.8. The molecule has 0 saturated heterocycles. The molecule has 0 N–H and O–H groups in total. The summed E-state index contributed by atoms with van der Waals surface area (Å²) < 4.78 is 7.17. The Bertz CT molecular complexity index is 3860. The summed E-state index contributed by atoms with van der Waals surface area (Å²) in [5, 5.41) is 7.13. The van der Waals surface area contributed by atoms with Gasteiger partial charge in [-0.15, -0.1) is 11.3 Å². The van der Waals surface area contributed by atoms with Gasteiger partial charge in [0, 0.05) is 88.1 Å². The van der Waals surface area contributed by atoms with E-state index in [9.17, 15) is 0 Å². The van der Waals surface area contributed by atoms with Gasteiger partial charge in [-0.25, -0.2) is 15.0 Å². The van der Waals surface area contributed by atoms with E-state index in [1.807, 2.05) is 48.0 Å². The number of hydrogen-bond donors (Lipinski definition) is 0. The minimum atomic E-state index is 0.679. The van der Waals surface area contributed by atoms with Crippen molar-refractivity contribution in [3.05, 3.63) is 207 Å². The summed E-state index contributed by atoms with van der Waals surface area (Å²) in [4.78, 5) is 20.1. The maximum absolute atomic E-state index is 5.35. The first kappa shape index (κ1) is 35.5. The molecule has 0 aliphatic heterocycles. The topological polar surface area (TPSA) is 61.4 Å². The lowest BCUT2D eigenvalue weighted by atomic mass is 10.0. The molecule has 63 heavy (non-hydrogen) atoms.